The molecule has 5 nitrogen and oxygen atoms in total. The van der Waals surface area contributed by atoms with Crippen molar-refractivity contribution in [3.8, 4) is 0 Å². The Morgan fingerprint density at radius 3 is 1.45 bits per heavy atom. The van der Waals surface area contributed by atoms with E-state index in [9.17, 15) is 14.2 Å². The third-order valence-corrected chi connectivity index (χ3v) is 5.55. The van der Waals surface area contributed by atoms with E-state index in [2.05, 4.69) is 0 Å². The molecule has 2 fully saturated rings. The monoisotopic (exact) mass is 330 g/mol. The number of hydrogen-bond acceptors (Lipinski definition) is 5. The van der Waals surface area contributed by atoms with E-state index in [-0.39, 0.29) is 36.6 Å². The number of carbonyl (C=O) groups excluding carboxylic acids is 2. The highest BCUT2D eigenvalue weighted by molar-refractivity contribution is 7.33. The quantitative estimate of drug-likeness (QED) is 0.635. The van der Waals surface area contributed by atoms with E-state index in [0.717, 1.165) is 51.4 Å². The second-order valence-electron chi connectivity index (χ2n) is 6.43. The third kappa shape index (κ3) is 5.94. The van der Waals surface area contributed by atoms with Gasteiger partial charge in [-0.1, -0.05) is 38.5 Å². The number of ketones is 2. The van der Waals surface area contributed by atoms with Crippen molar-refractivity contribution in [1.29, 1.82) is 0 Å². The van der Waals surface area contributed by atoms with E-state index >= 15 is 0 Å². The van der Waals surface area contributed by atoms with Gasteiger partial charge < -0.3 is 9.05 Å². The van der Waals surface area contributed by atoms with E-state index in [1.54, 1.807) is 0 Å². The zero-order chi connectivity index (χ0) is 15.8. The lowest BCUT2D eigenvalue weighted by atomic mass is 9.86. The summed E-state index contributed by atoms with van der Waals surface area (Å²) in [5, 5.41) is 0. The van der Waals surface area contributed by atoms with Crippen LogP contribution in [0.5, 0.6) is 0 Å². The first kappa shape index (κ1) is 17.8. The maximum atomic E-state index is 11.9. The lowest BCUT2D eigenvalue weighted by molar-refractivity contribution is -0.126. The van der Waals surface area contributed by atoms with Crippen molar-refractivity contribution in [3.63, 3.8) is 0 Å². The van der Waals surface area contributed by atoms with E-state index in [1.807, 2.05) is 0 Å². The van der Waals surface area contributed by atoms with Gasteiger partial charge in [-0.25, -0.2) is 0 Å². The highest BCUT2D eigenvalue weighted by atomic mass is 31.1. The highest BCUT2D eigenvalue weighted by Crippen LogP contribution is 2.29. The van der Waals surface area contributed by atoms with Crippen LogP contribution in [0, 0.1) is 11.8 Å². The molecule has 0 aromatic carbocycles. The average molecular weight is 330 g/mol. The van der Waals surface area contributed by atoms with Crippen LogP contribution in [0.2, 0.25) is 0 Å². The molecule has 0 N–H and O–H groups in total. The van der Waals surface area contributed by atoms with Crippen LogP contribution in [0.3, 0.4) is 0 Å². The van der Waals surface area contributed by atoms with Crippen LogP contribution in [0.25, 0.3) is 0 Å². The Morgan fingerprint density at radius 1 is 0.727 bits per heavy atom. The maximum Gasteiger partial charge on any atom is 0.319 e. The Labute approximate surface area is 133 Å². The minimum absolute atomic E-state index is 0.0141. The van der Waals surface area contributed by atoms with E-state index in [1.165, 1.54) is 12.8 Å². The van der Waals surface area contributed by atoms with Crippen LogP contribution in [-0.2, 0) is 23.2 Å². The Bertz CT molecular complexity index is 361. The summed E-state index contributed by atoms with van der Waals surface area (Å²) in [5.41, 5.74) is 0. The molecule has 2 saturated carbocycles. The second kappa shape index (κ2) is 9.59. The van der Waals surface area contributed by atoms with Gasteiger partial charge in [0.05, 0.1) is 0 Å². The Morgan fingerprint density at radius 2 is 1.09 bits per heavy atom. The van der Waals surface area contributed by atoms with Gasteiger partial charge in [-0.3, -0.25) is 14.2 Å². The molecule has 0 aromatic heterocycles. The largest absolute Gasteiger partial charge is 0.319 e. The summed E-state index contributed by atoms with van der Waals surface area (Å²) < 4.78 is 21.7. The van der Waals surface area contributed by atoms with Crippen LogP contribution < -0.4 is 0 Å². The van der Waals surface area contributed by atoms with Gasteiger partial charge in [0.2, 0.25) is 0 Å². The highest BCUT2D eigenvalue weighted by Gasteiger charge is 2.23. The molecule has 0 aromatic rings. The molecule has 0 radical (unpaired) electrons. The fourth-order valence-corrected chi connectivity index (χ4v) is 3.99. The van der Waals surface area contributed by atoms with Crippen molar-refractivity contribution in [1.82, 2.24) is 0 Å². The first-order chi connectivity index (χ1) is 10.7. The van der Waals surface area contributed by atoms with Gasteiger partial charge in [-0.05, 0) is 25.7 Å². The van der Waals surface area contributed by atoms with Crippen molar-refractivity contribution >= 4 is 19.8 Å². The van der Waals surface area contributed by atoms with Gasteiger partial charge in [-0.15, -0.1) is 0 Å². The van der Waals surface area contributed by atoms with Crippen molar-refractivity contribution in [3.05, 3.63) is 0 Å². The van der Waals surface area contributed by atoms with Crippen LogP contribution >= 0.6 is 8.25 Å². The van der Waals surface area contributed by atoms with Gasteiger partial charge >= 0.3 is 8.25 Å². The van der Waals surface area contributed by atoms with E-state index in [0.29, 0.717) is 0 Å². The lowest BCUT2D eigenvalue weighted by Gasteiger charge is -2.20. The molecule has 0 amide bonds. The SMILES string of the molecule is O=C(CO[PH](=O)OCC(=O)C1CCCCC1)C1CCCCC1. The molecule has 0 heterocycles. The van der Waals surface area contributed by atoms with Crippen LogP contribution in [0.15, 0.2) is 0 Å². The standard InChI is InChI=1S/C16H27O5P/c17-15(13-7-3-1-4-8-13)11-20-22(19)21-12-16(18)14-9-5-2-6-10-14/h13-14,22H,1-12H2. The number of Topliss-reactive ketones (excluding diaryl/α,β-unsaturated/α-hetero) is 2. The van der Waals surface area contributed by atoms with Gasteiger partial charge in [0, 0.05) is 11.8 Å². The fourth-order valence-electron chi connectivity index (χ4n) is 3.39. The molecule has 0 aliphatic heterocycles. The molecule has 22 heavy (non-hydrogen) atoms. The molecule has 2 rings (SSSR count). The summed E-state index contributed by atoms with van der Waals surface area (Å²) in [6, 6.07) is 0. The molecule has 0 unspecified atom stereocenters. The zero-order valence-corrected chi connectivity index (χ0v) is 14.2. The maximum absolute atomic E-state index is 11.9. The Kier molecular flexibility index (Phi) is 7.77. The van der Waals surface area contributed by atoms with Gasteiger partial charge in [0.1, 0.15) is 13.2 Å². The van der Waals surface area contributed by atoms with Crippen LogP contribution in [0.1, 0.15) is 64.2 Å². The Balaban J connectivity index is 1.60. The molecular weight excluding hydrogens is 303 g/mol. The minimum Gasteiger partial charge on any atom is -0.303 e. The summed E-state index contributed by atoms with van der Waals surface area (Å²) in [4.78, 5) is 23.8. The van der Waals surface area contributed by atoms with Gasteiger partial charge in [0.25, 0.3) is 0 Å². The summed E-state index contributed by atoms with van der Waals surface area (Å²) >= 11 is 0. The second-order valence-corrected chi connectivity index (χ2v) is 7.51. The molecule has 2 aliphatic carbocycles. The smallest absolute Gasteiger partial charge is 0.303 e. The lowest BCUT2D eigenvalue weighted by Crippen LogP contribution is -2.22. The topological polar surface area (TPSA) is 69.7 Å². The Hall–Kier alpha value is -0.510. The summed E-state index contributed by atoms with van der Waals surface area (Å²) in [6.45, 7) is -0.305. The fraction of sp³-hybridized carbons (Fsp3) is 0.875. The normalized spacial score (nSPS) is 21.1. The number of rotatable bonds is 8. The average Bonchev–Trinajstić information content (AvgIpc) is 2.59. The molecule has 0 atom stereocenters. The number of hydrogen-bond donors (Lipinski definition) is 0. The van der Waals surface area contributed by atoms with Crippen molar-refractivity contribution < 1.29 is 23.2 Å². The molecule has 6 heteroatoms. The predicted molar refractivity (Wildman–Crippen MR) is 84.1 cm³/mol. The first-order valence-corrected chi connectivity index (χ1v) is 9.74. The summed E-state index contributed by atoms with van der Waals surface area (Å²) in [5.74, 6) is 0.125. The van der Waals surface area contributed by atoms with Crippen molar-refractivity contribution in [2.45, 2.75) is 64.2 Å². The minimum atomic E-state index is -2.75. The zero-order valence-electron chi connectivity index (χ0n) is 13.2. The van der Waals surface area contributed by atoms with Gasteiger partial charge in [0.15, 0.2) is 11.6 Å². The molecular formula is C16H27O5P. The third-order valence-electron chi connectivity index (χ3n) is 4.79. The summed E-state index contributed by atoms with van der Waals surface area (Å²) in [7, 11) is -2.75. The van der Waals surface area contributed by atoms with Crippen LogP contribution in [0.4, 0.5) is 0 Å². The molecule has 2 aliphatic rings. The molecule has 0 saturated heterocycles. The van der Waals surface area contributed by atoms with E-state index in [4.69, 9.17) is 9.05 Å². The van der Waals surface area contributed by atoms with Crippen molar-refractivity contribution in [2.24, 2.45) is 11.8 Å². The summed E-state index contributed by atoms with van der Waals surface area (Å²) in [6.07, 6.45) is 10.3. The molecule has 0 bridgehead atoms. The molecule has 126 valence electrons. The van der Waals surface area contributed by atoms with Crippen molar-refractivity contribution in [2.75, 3.05) is 13.2 Å². The predicted octanol–water partition coefficient (Wildman–Crippen LogP) is 3.71. The number of carbonyl (C=O) groups is 2. The van der Waals surface area contributed by atoms with Gasteiger partial charge in [-0.2, -0.15) is 0 Å². The first-order valence-electron chi connectivity index (χ1n) is 8.52. The van der Waals surface area contributed by atoms with E-state index < -0.39 is 8.25 Å². The van der Waals surface area contributed by atoms with Crippen LogP contribution in [-0.4, -0.2) is 24.8 Å². The molecule has 0 spiro atoms.